The van der Waals surface area contributed by atoms with E-state index in [9.17, 15) is 4.79 Å². The van der Waals surface area contributed by atoms with Crippen molar-refractivity contribution in [2.75, 3.05) is 14.2 Å². The van der Waals surface area contributed by atoms with E-state index in [0.29, 0.717) is 17.1 Å². The Morgan fingerprint density at radius 3 is 2.56 bits per heavy atom. The molecule has 1 aliphatic rings. The normalized spacial score (nSPS) is 15.2. The van der Waals surface area contributed by atoms with E-state index in [4.69, 9.17) is 9.47 Å². The average molecular weight is 361 g/mol. The first-order valence-electron chi connectivity index (χ1n) is 9.23. The van der Waals surface area contributed by atoms with Crippen molar-refractivity contribution in [2.24, 2.45) is 0 Å². The van der Waals surface area contributed by atoms with Gasteiger partial charge in [0.15, 0.2) is 17.3 Å². The molecule has 0 aliphatic heterocycles. The number of benzene rings is 2. The molecule has 0 radical (unpaired) electrons. The molecule has 0 unspecified atom stereocenters. The van der Waals surface area contributed by atoms with Crippen molar-refractivity contribution in [3.8, 4) is 11.5 Å². The summed E-state index contributed by atoms with van der Waals surface area (Å²) in [6.45, 7) is 3.08. The highest BCUT2D eigenvalue weighted by Gasteiger charge is 2.24. The van der Waals surface area contributed by atoms with E-state index in [2.05, 4.69) is 42.0 Å². The number of allylic oxidation sites excluding steroid dienone is 1. The molecular weight excluding hydrogens is 338 g/mol. The number of methoxy groups -OCH3 is 2. The lowest BCUT2D eigenvalue weighted by molar-refractivity contribution is 0.102. The zero-order valence-corrected chi connectivity index (χ0v) is 15.9. The van der Waals surface area contributed by atoms with Crippen LogP contribution in [0.2, 0.25) is 0 Å². The first-order valence-corrected chi connectivity index (χ1v) is 9.23. The van der Waals surface area contributed by atoms with Gasteiger partial charge in [0, 0.05) is 34.8 Å². The van der Waals surface area contributed by atoms with E-state index in [1.165, 1.54) is 10.9 Å². The predicted octanol–water partition coefficient (Wildman–Crippen LogP) is 4.89. The van der Waals surface area contributed by atoms with Crippen molar-refractivity contribution < 1.29 is 14.3 Å². The molecule has 0 saturated carbocycles. The Labute approximate surface area is 159 Å². The standard InChI is InChI=1S/C23H23NO3/c1-4-24-10-9-17-11-15(5-8-20(17)24)12-18-7-6-16-13-21(26-2)22(27-3)14-19(16)23(18)25/h5,8-14H,4,6-7H2,1-3H3/b18-12+. The van der Waals surface area contributed by atoms with Crippen molar-refractivity contribution in [3.63, 3.8) is 0 Å². The van der Waals surface area contributed by atoms with Crippen molar-refractivity contribution >= 4 is 22.8 Å². The van der Waals surface area contributed by atoms with Gasteiger partial charge in [-0.15, -0.1) is 0 Å². The Hall–Kier alpha value is -3.01. The zero-order valence-electron chi connectivity index (χ0n) is 15.9. The Morgan fingerprint density at radius 2 is 1.81 bits per heavy atom. The van der Waals surface area contributed by atoms with Crippen LogP contribution in [0, 0.1) is 0 Å². The van der Waals surface area contributed by atoms with Crippen LogP contribution in [0.3, 0.4) is 0 Å². The summed E-state index contributed by atoms with van der Waals surface area (Å²) < 4.78 is 12.9. The molecule has 138 valence electrons. The molecule has 0 saturated heterocycles. The monoisotopic (exact) mass is 361 g/mol. The van der Waals surface area contributed by atoms with Gasteiger partial charge in [-0.2, -0.15) is 0 Å². The predicted molar refractivity (Wildman–Crippen MR) is 108 cm³/mol. The number of nitrogens with zero attached hydrogens (tertiary/aromatic N) is 1. The van der Waals surface area contributed by atoms with Crippen molar-refractivity contribution in [3.05, 3.63) is 64.9 Å². The van der Waals surface area contributed by atoms with Gasteiger partial charge in [-0.3, -0.25) is 4.79 Å². The second kappa shape index (κ2) is 6.95. The number of carbonyl (C=O) groups is 1. The molecule has 0 N–H and O–H groups in total. The minimum absolute atomic E-state index is 0.0726. The maximum atomic E-state index is 13.0. The molecule has 0 bridgehead atoms. The first kappa shape index (κ1) is 17.4. The molecule has 0 spiro atoms. The summed E-state index contributed by atoms with van der Waals surface area (Å²) in [5, 5.41) is 1.20. The number of hydrogen-bond donors (Lipinski definition) is 0. The highest BCUT2D eigenvalue weighted by Crippen LogP contribution is 2.36. The Morgan fingerprint density at radius 1 is 1.04 bits per heavy atom. The van der Waals surface area contributed by atoms with Crippen LogP contribution in [-0.4, -0.2) is 24.6 Å². The molecule has 3 aromatic rings. The average Bonchev–Trinajstić information content (AvgIpc) is 3.11. The third-order valence-corrected chi connectivity index (χ3v) is 5.29. The van der Waals surface area contributed by atoms with Crippen LogP contribution in [0.5, 0.6) is 11.5 Å². The molecule has 4 heteroatoms. The summed E-state index contributed by atoms with van der Waals surface area (Å²) in [6, 6.07) is 12.2. The van der Waals surface area contributed by atoms with E-state index >= 15 is 0 Å². The van der Waals surface area contributed by atoms with E-state index in [0.717, 1.165) is 36.1 Å². The number of hydrogen-bond acceptors (Lipinski definition) is 3. The number of ether oxygens (including phenoxy) is 2. The topological polar surface area (TPSA) is 40.5 Å². The van der Waals surface area contributed by atoms with Gasteiger partial charge in [0.05, 0.1) is 14.2 Å². The summed E-state index contributed by atoms with van der Waals surface area (Å²) in [5.41, 5.74) is 4.85. The van der Waals surface area contributed by atoms with Crippen molar-refractivity contribution in [1.29, 1.82) is 0 Å². The molecule has 2 aromatic carbocycles. The van der Waals surface area contributed by atoms with Crippen LogP contribution < -0.4 is 9.47 Å². The van der Waals surface area contributed by atoms with Crippen LogP contribution in [0.1, 0.15) is 34.8 Å². The second-order valence-electron chi connectivity index (χ2n) is 6.78. The first-order chi connectivity index (χ1) is 13.1. The third-order valence-electron chi connectivity index (χ3n) is 5.29. The maximum Gasteiger partial charge on any atom is 0.189 e. The van der Waals surface area contributed by atoms with Crippen LogP contribution >= 0.6 is 0 Å². The summed E-state index contributed by atoms with van der Waals surface area (Å²) in [4.78, 5) is 13.0. The molecule has 4 rings (SSSR count). The molecule has 0 amide bonds. The molecule has 0 atom stereocenters. The van der Waals surface area contributed by atoms with E-state index in [-0.39, 0.29) is 5.78 Å². The van der Waals surface area contributed by atoms with Gasteiger partial charge < -0.3 is 14.0 Å². The minimum Gasteiger partial charge on any atom is -0.493 e. The maximum absolute atomic E-state index is 13.0. The lowest BCUT2D eigenvalue weighted by Crippen LogP contribution is -2.14. The molecule has 0 fully saturated rings. The Balaban J connectivity index is 1.70. The van der Waals surface area contributed by atoms with Gasteiger partial charge in [0.25, 0.3) is 0 Å². The highest BCUT2D eigenvalue weighted by atomic mass is 16.5. The fraction of sp³-hybridized carbons (Fsp3) is 0.261. The van der Waals surface area contributed by atoms with Gasteiger partial charge in [-0.1, -0.05) is 6.07 Å². The quantitative estimate of drug-likeness (QED) is 0.621. The van der Waals surface area contributed by atoms with Crippen molar-refractivity contribution in [2.45, 2.75) is 26.3 Å². The van der Waals surface area contributed by atoms with Crippen LogP contribution in [-0.2, 0) is 13.0 Å². The number of aromatic nitrogens is 1. The minimum atomic E-state index is 0.0726. The lowest BCUT2D eigenvalue weighted by Gasteiger charge is -2.20. The van der Waals surface area contributed by atoms with Gasteiger partial charge in [0.1, 0.15) is 0 Å². The zero-order chi connectivity index (χ0) is 19.0. The van der Waals surface area contributed by atoms with Gasteiger partial charge in [-0.05, 0) is 67.3 Å². The number of rotatable bonds is 4. The van der Waals surface area contributed by atoms with Crippen LogP contribution in [0.25, 0.3) is 17.0 Å². The van der Waals surface area contributed by atoms with Gasteiger partial charge in [0.2, 0.25) is 0 Å². The second-order valence-corrected chi connectivity index (χ2v) is 6.78. The molecule has 27 heavy (non-hydrogen) atoms. The number of carbonyl (C=O) groups excluding carboxylic acids is 1. The van der Waals surface area contributed by atoms with Gasteiger partial charge in [-0.25, -0.2) is 0 Å². The van der Waals surface area contributed by atoms with E-state index in [1.807, 2.05) is 12.1 Å². The fourth-order valence-corrected chi connectivity index (χ4v) is 3.82. The summed E-state index contributed by atoms with van der Waals surface area (Å²) >= 11 is 0. The number of Topliss-reactive ketones (excluding diaryl/α,β-unsaturated/α-hetero) is 1. The van der Waals surface area contributed by atoms with Gasteiger partial charge >= 0.3 is 0 Å². The molecule has 1 heterocycles. The van der Waals surface area contributed by atoms with Crippen LogP contribution in [0.15, 0.2) is 48.2 Å². The molecule has 4 nitrogen and oxygen atoms in total. The Bertz CT molecular complexity index is 1060. The molecular formula is C23H23NO3. The number of ketones is 1. The summed E-state index contributed by atoms with van der Waals surface area (Å²) in [5.74, 6) is 1.33. The van der Waals surface area contributed by atoms with Crippen molar-refractivity contribution in [1.82, 2.24) is 4.57 Å². The molecule has 1 aromatic heterocycles. The number of fused-ring (bicyclic) bond motifs is 2. The third kappa shape index (κ3) is 3.01. The summed E-state index contributed by atoms with van der Waals surface area (Å²) in [7, 11) is 3.20. The summed E-state index contributed by atoms with van der Waals surface area (Å²) in [6.07, 6.45) is 5.67. The largest absolute Gasteiger partial charge is 0.493 e. The van der Waals surface area contributed by atoms with E-state index in [1.54, 1.807) is 20.3 Å². The number of aryl methyl sites for hydroxylation is 2. The molecule has 1 aliphatic carbocycles. The smallest absolute Gasteiger partial charge is 0.189 e. The SMILES string of the molecule is CCn1ccc2cc(/C=C3\CCc4cc(OC)c(OC)cc4C3=O)ccc21. The van der Waals surface area contributed by atoms with Crippen LogP contribution in [0.4, 0.5) is 0 Å². The highest BCUT2D eigenvalue weighted by molar-refractivity contribution is 6.13. The van der Waals surface area contributed by atoms with E-state index < -0.39 is 0 Å². The fourth-order valence-electron chi connectivity index (χ4n) is 3.82. The lowest BCUT2D eigenvalue weighted by atomic mass is 9.85. The Kier molecular flexibility index (Phi) is 4.48.